The van der Waals surface area contributed by atoms with E-state index in [2.05, 4.69) is 11.0 Å². The first-order valence-corrected chi connectivity index (χ1v) is 6.63. The molecule has 4 nitrogen and oxygen atoms in total. The highest BCUT2D eigenvalue weighted by atomic mass is 16.7. The second kappa shape index (κ2) is 5.81. The summed E-state index contributed by atoms with van der Waals surface area (Å²) in [6.45, 7) is 6.00. The molecule has 4 heteroatoms. The predicted octanol–water partition coefficient (Wildman–Crippen LogP) is 1.91. The van der Waals surface area contributed by atoms with Crippen molar-refractivity contribution in [3.8, 4) is 6.07 Å². The summed E-state index contributed by atoms with van der Waals surface area (Å²) in [5, 5.41) is 8.64. The Kier molecular flexibility index (Phi) is 4.38. The fraction of sp³-hybridized carbons (Fsp3) is 0.923. The lowest BCUT2D eigenvalue weighted by molar-refractivity contribution is -0.160. The minimum absolute atomic E-state index is 0.0358. The number of hydrogen-bond acceptors (Lipinski definition) is 4. The molecule has 0 aromatic heterocycles. The highest BCUT2D eigenvalue weighted by Crippen LogP contribution is 2.28. The summed E-state index contributed by atoms with van der Waals surface area (Å²) < 4.78 is 11.5. The van der Waals surface area contributed by atoms with Crippen LogP contribution in [0, 0.1) is 11.3 Å². The third kappa shape index (κ3) is 3.67. The molecule has 0 spiro atoms. The van der Waals surface area contributed by atoms with Gasteiger partial charge >= 0.3 is 0 Å². The Labute approximate surface area is 103 Å². The maximum Gasteiger partial charge on any atom is 0.167 e. The normalized spacial score (nSPS) is 34.7. The molecule has 2 atom stereocenters. The number of hydrogen-bond donors (Lipinski definition) is 0. The van der Waals surface area contributed by atoms with Crippen LogP contribution in [0.25, 0.3) is 0 Å². The van der Waals surface area contributed by atoms with Crippen LogP contribution in [-0.4, -0.2) is 43.0 Å². The first kappa shape index (κ1) is 12.8. The molecule has 0 radical (unpaired) electrons. The number of piperidine rings is 1. The Morgan fingerprint density at radius 2 is 2.12 bits per heavy atom. The SMILES string of the molecule is CC1(CCN2CCCCC2)OCC(CC#N)O1. The molecule has 0 aromatic carbocycles. The zero-order chi connectivity index (χ0) is 12.1. The molecule has 0 aliphatic carbocycles. The molecular weight excluding hydrogens is 216 g/mol. The van der Waals surface area contributed by atoms with E-state index in [1.807, 2.05) is 6.92 Å². The Morgan fingerprint density at radius 1 is 1.35 bits per heavy atom. The molecule has 2 rings (SSSR count). The van der Waals surface area contributed by atoms with Gasteiger partial charge in [0.2, 0.25) is 0 Å². The van der Waals surface area contributed by atoms with Crippen molar-refractivity contribution in [1.82, 2.24) is 4.90 Å². The summed E-state index contributed by atoms with van der Waals surface area (Å²) >= 11 is 0. The lowest BCUT2D eigenvalue weighted by atomic mass is 10.1. The number of nitriles is 1. The van der Waals surface area contributed by atoms with Crippen molar-refractivity contribution in [2.75, 3.05) is 26.2 Å². The van der Waals surface area contributed by atoms with Gasteiger partial charge in [0.05, 0.1) is 25.2 Å². The monoisotopic (exact) mass is 238 g/mol. The zero-order valence-electron chi connectivity index (χ0n) is 10.7. The minimum Gasteiger partial charge on any atom is -0.347 e. The van der Waals surface area contributed by atoms with Crippen molar-refractivity contribution in [1.29, 1.82) is 5.26 Å². The summed E-state index contributed by atoms with van der Waals surface area (Å²) in [5.41, 5.74) is 0. The third-order valence-corrected chi connectivity index (χ3v) is 3.64. The van der Waals surface area contributed by atoms with Crippen LogP contribution in [0.5, 0.6) is 0 Å². The standard InChI is InChI=1S/C13H22N2O2/c1-13(16-11-12(17-13)5-7-14)6-10-15-8-3-2-4-9-15/h12H,2-6,8-11H2,1H3. The average molecular weight is 238 g/mol. The van der Waals surface area contributed by atoms with Gasteiger partial charge in [-0.05, 0) is 32.9 Å². The highest BCUT2D eigenvalue weighted by molar-refractivity contribution is 4.83. The van der Waals surface area contributed by atoms with Crippen LogP contribution in [-0.2, 0) is 9.47 Å². The third-order valence-electron chi connectivity index (χ3n) is 3.64. The highest BCUT2D eigenvalue weighted by Gasteiger charge is 2.37. The van der Waals surface area contributed by atoms with E-state index in [9.17, 15) is 0 Å². The second-order valence-electron chi connectivity index (χ2n) is 5.20. The second-order valence-corrected chi connectivity index (χ2v) is 5.20. The van der Waals surface area contributed by atoms with Crippen molar-refractivity contribution in [3.63, 3.8) is 0 Å². The predicted molar refractivity (Wildman–Crippen MR) is 64.4 cm³/mol. The molecule has 2 heterocycles. The maximum absolute atomic E-state index is 8.64. The van der Waals surface area contributed by atoms with Crippen molar-refractivity contribution in [3.05, 3.63) is 0 Å². The Bertz CT molecular complexity index is 284. The lowest BCUT2D eigenvalue weighted by Gasteiger charge is -2.30. The van der Waals surface area contributed by atoms with E-state index >= 15 is 0 Å². The van der Waals surface area contributed by atoms with Crippen LogP contribution < -0.4 is 0 Å². The molecule has 0 bridgehead atoms. The van der Waals surface area contributed by atoms with Gasteiger partial charge in [-0.25, -0.2) is 0 Å². The largest absolute Gasteiger partial charge is 0.347 e. The molecule has 0 N–H and O–H groups in total. The molecule has 0 amide bonds. The van der Waals surface area contributed by atoms with Crippen molar-refractivity contribution in [2.24, 2.45) is 0 Å². The van der Waals surface area contributed by atoms with Crippen LogP contribution in [0.2, 0.25) is 0 Å². The van der Waals surface area contributed by atoms with Gasteiger partial charge in [-0.1, -0.05) is 6.42 Å². The summed E-state index contributed by atoms with van der Waals surface area (Å²) in [4.78, 5) is 2.49. The zero-order valence-corrected chi connectivity index (χ0v) is 10.7. The number of likely N-dealkylation sites (tertiary alicyclic amines) is 1. The molecule has 96 valence electrons. The van der Waals surface area contributed by atoms with E-state index in [-0.39, 0.29) is 6.10 Å². The first-order valence-electron chi connectivity index (χ1n) is 6.63. The van der Waals surface area contributed by atoms with E-state index in [0.717, 1.165) is 13.0 Å². The fourth-order valence-electron chi connectivity index (χ4n) is 2.57. The van der Waals surface area contributed by atoms with Gasteiger partial charge in [-0.2, -0.15) is 5.26 Å². The Balaban J connectivity index is 1.73. The molecule has 0 aromatic rings. The summed E-state index contributed by atoms with van der Waals surface area (Å²) in [7, 11) is 0. The maximum atomic E-state index is 8.64. The van der Waals surface area contributed by atoms with Crippen LogP contribution >= 0.6 is 0 Å². The van der Waals surface area contributed by atoms with Crippen LogP contribution in [0.3, 0.4) is 0 Å². The first-order chi connectivity index (χ1) is 8.22. The molecule has 17 heavy (non-hydrogen) atoms. The van der Waals surface area contributed by atoms with E-state index in [1.54, 1.807) is 0 Å². The quantitative estimate of drug-likeness (QED) is 0.750. The van der Waals surface area contributed by atoms with E-state index in [0.29, 0.717) is 13.0 Å². The van der Waals surface area contributed by atoms with Crippen LogP contribution in [0.4, 0.5) is 0 Å². The molecule has 2 saturated heterocycles. The van der Waals surface area contributed by atoms with Crippen LogP contribution in [0.15, 0.2) is 0 Å². The summed E-state index contributed by atoms with van der Waals surface area (Å²) in [5.74, 6) is -0.473. The molecule has 2 aliphatic heterocycles. The van der Waals surface area contributed by atoms with Gasteiger partial charge in [0.25, 0.3) is 0 Å². The Hall–Kier alpha value is -0.630. The summed E-state index contributed by atoms with van der Waals surface area (Å²) in [6, 6.07) is 2.14. The lowest BCUT2D eigenvalue weighted by Crippen LogP contribution is -2.36. The van der Waals surface area contributed by atoms with E-state index in [4.69, 9.17) is 14.7 Å². The summed E-state index contributed by atoms with van der Waals surface area (Å²) in [6.07, 6.45) is 5.29. The van der Waals surface area contributed by atoms with Gasteiger partial charge in [-0.3, -0.25) is 0 Å². The topological polar surface area (TPSA) is 45.5 Å². The van der Waals surface area contributed by atoms with Crippen LogP contribution in [0.1, 0.15) is 39.0 Å². The van der Waals surface area contributed by atoms with Gasteiger partial charge < -0.3 is 14.4 Å². The van der Waals surface area contributed by atoms with Crippen molar-refractivity contribution >= 4 is 0 Å². The number of rotatable bonds is 4. The van der Waals surface area contributed by atoms with Gasteiger partial charge in [0.1, 0.15) is 0 Å². The smallest absolute Gasteiger partial charge is 0.167 e. The minimum atomic E-state index is -0.473. The number of nitrogens with zero attached hydrogens (tertiary/aromatic N) is 2. The number of ether oxygens (including phenoxy) is 2. The Morgan fingerprint density at radius 3 is 2.82 bits per heavy atom. The average Bonchev–Trinajstić information content (AvgIpc) is 2.71. The van der Waals surface area contributed by atoms with Crippen molar-refractivity contribution < 1.29 is 9.47 Å². The van der Waals surface area contributed by atoms with Gasteiger partial charge in [0, 0.05) is 13.0 Å². The fourth-order valence-corrected chi connectivity index (χ4v) is 2.57. The molecule has 2 aliphatic rings. The van der Waals surface area contributed by atoms with Gasteiger partial charge in [-0.15, -0.1) is 0 Å². The molecule has 2 unspecified atom stereocenters. The molecule has 2 fully saturated rings. The van der Waals surface area contributed by atoms with E-state index in [1.165, 1.54) is 32.4 Å². The van der Waals surface area contributed by atoms with Gasteiger partial charge in [0.15, 0.2) is 5.79 Å². The van der Waals surface area contributed by atoms with Crippen molar-refractivity contribution in [2.45, 2.75) is 50.9 Å². The van der Waals surface area contributed by atoms with E-state index < -0.39 is 5.79 Å². The molecular formula is C13H22N2O2. The molecule has 0 saturated carbocycles.